The minimum atomic E-state index is -4.68. The summed E-state index contributed by atoms with van der Waals surface area (Å²) in [5, 5.41) is 3.03. The molecule has 422 valence electrons. The maximum absolute atomic E-state index is 13.5. The maximum atomic E-state index is 13.5. The molecule has 10 heteroatoms. The lowest BCUT2D eigenvalue weighted by molar-refractivity contribution is -0.870. The normalized spacial score (nSPS) is 13.7. The van der Waals surface area contributed by atoms with Crippen LogP contribution in [0.4, 0.5) is 0 Å². The molecule has 0 bridgehead atoms. The number of hydrogen-bond donors (Lipinski definition) is 1. The number of esters is 1. The Morgan fingerprint density at radius 1 is 0.479 bits per heavy atom. The van der Waals surface area contributed by atoms with Crippen molar-refractivity contribution in [3.05, 3.63) is 12.2 Å². The van der Waals surface area contributed by atoms with E-state index >= 15 is 0 Å². The van der Waals surface area contributed by atoms with Gasteiger partial charge in [-0.05, 0) is 31.8 Å². The Morgan fingerprint density at radius 3 is 1.15 bits per heavy atom. The third-order valence-electron chi connectivity index (χ3n) is 14.2. The van der Waals surface area contributed by atoms with Crippen LogP contribution in [0.5, 0.6) is 0 Å². The Kier molecular flexibility index (Phi) is 51.3. The summed E-state index contributed by atoms with van der Waals surface area (Å²) in [6, 6.07) is -0.878. The van der Waals surface area contributed by atoms with Crippen LogP contribution in [-0.4, -0.2) is 69.4 Å². The lowest BCUT2D eigenvalue weighted by Gasteiger charge is -2.30. The first kappa shape index (κ1) is 69.8. The number of nitrogens with one attached hydrogen (secondary N) is 1. The van der Waals surface area contributed by atoms with Crippen molar-refractivity contribution in [3.63, 3.8) is 0 Å². The molecule has 3 unspecified atom stereocenters. The molecule has 0 aromatic carbocycles. The number of hydrogen-bond acceptors (Lipinski definition) is 7. The molecule has 0 aromatic rings. The summed E-state index contributed by atoms with van der Waals surface area (Å²) >= 11 is 0. The van der Waals surface area contributed by atoms with Crippen LogP contribution in [-0.2, 0) is 27.9 Å². The second kappa shape index (κ2) is 52.2. The number of allylic oxidation sites excluding steroid dienone is 1. The van der Waals surface area contributed by atoms with Crippen LogP contribution in [0.15, 0.2) is 12.2 Å². The fourth-order valence-corrected chi connectivity index (χ4v) is 10.1. The smallest absolute Gasteiger partial charge is 0.306 e. The van der Waals surface area contributed by atoms with Gasteiger partial charge in [-0.2, -0.15) is 0 Å². The van der Waals surface area contributed by atoms with Gasteiger partial charge in [-0.15, -0.1) is 0 Å². The van der Waals surface area contributed by atoms with Crippen molar-refractivity contribution in [1.29, 1.82) is 0 Å². The van der Waals surface area contributed by atoms with E-state index in [0.29, 0.717) is 17.4 Å². The zero-order chi connectivity index (χ0) is 52.2. The van der Waals surface area contributed by atoms with Crippen molar-refractivity contribution in [2.24, 2.45) is 0 Å². The zero-order valence-corrected chi connectivity index (χ0v) is 49.1. The van der Waals surface area contributed by atoms with Crippen molar-refractivity contribution in [2.75, 3.05) is 40.9 Å². The third-order valence-corrected chi connectivity index (χ3v) is 15.2. The highest BCUT2D eigenvalue weighted by atomic mass is 31.2. The molecule has 0 radical (unpaired) electrons. The van der Waals surface area contributed by atoms with Gasteiger partial charge >= 0.3 is 5.97 Å². The number of ether oxygens (including phenoxy) is 1. The molecule has 0 saturated carbocycles. The maximum Gasteiger partial charge on any atom is 0.306 e. The number of rotatable bonds is 57. The SMILES string of the molecule is CCCCCCCCCCC/C=C\C(OC(=O)CCCCCCCCCCCCC)C(COP(=O)([O-])OCC[N+](C)(C)C)NC(=O)CCCCCCCCCCCCCCCCCCCCCCCCC. The van der Waals surface area contributed by atoms with Crippen molar-refractivity contribution in [1.82, 2.24) is 5.32 Å². The molecule has 0 rings (SSSR count). The fourth-order valence-electron chi connectivity index (χ4n) is 9.41. The Morgan fingerprint density at radius 2 is 0.803 bits per heavy atom. The number of quaternary nitrogens is 1. The number of nitrogens with zero attached hydrogens (tertiary/aromatic N) is 1. The topological polar surface area (TPSA) is 114 Å². The Balaban J connectivity index is 5.03. The van der Waals surface area contributed by atoms with E-state index in [1.54, 1.807) is 0 Å². The van der Waals surface area contributed by atoms with Crippen LogP contribution in [0.1, 0.15) is 316 Å². The van der Waals surface area contributed by atoms with E-state index in [0.717, 1.165) is 57.8 Å². The standard InChI is InChI=1S/C61H121N2O7P/c1-7-10-13-16-19-22-25-26-27-28-29-30-31-32-33-34-35-36-39-41-44-47-50-53-60(64)62-58(57-69-71(66,67)68-56-55-63(4,5)6)59(52-49-46-43-40-37-23-20-17-14-11-8-2)70-61(65)54-51-48-45-42-38-24-21-18-15-12-9-3/h49,52,58-59H,7-48,50-51,53-57H2,1-6H3,(H-,62,64,66,67)/b52-49-. The molecule has 9 nitrogen and oxygen atoms in total. The average Bonchev–Trinajstić information content (AvgIpc) is 3.33. The van der Waals surface area contributed by atoms with E-state index in [9.17, 15) is 19.0 Å². The Labute approximate surface area is 441 Å². The van der Waals surface area contributed by atoms with Gasteiger partial charge in [0.05, 0.1) is 33.8 Å². The van der Waals surface area contributed by atoms with E-state index in [-0.39, 0.29) is 31.5 Å². The van der Waals surface area contributed by atoms with Crippen molar-refractivity contribution in [2.45, 2.75) is 328 Å². The Hall–Kier alpha value is -1.25. The summed E-state index contributed by atoms with van der Waals surface area (Å²) in [6.07, 6.45) is 59.0. The van der Waals surface area contributed by atoms with Crippen molar-refractivity contribution < 1.29 is 37.3 Å². The molecule has 0 aliphatic rings. The first-order valence-electron chi connectivity index (χ1n) is 31.0. The largest absolute Gasteiger partial charge is 0.756 e. The minimum Gasteiger partial charge on any atom is -0.756 e. The van der Waals surface area contributed by atoms with Crippen molar-refractivity contribution >= 4 is 19.7 Å². The molecule has 0 fully saturated rings. The highest BCUT2D eigenvalue weighted by Crippen LogP contribution is 2.38. The van der Waals surface area contributed by atoms with Gasteiger partial charge in [0, 0.05) is 12.8 Å². The molecule has 3 atom stereocenters. The molecule has 0 aliphatic heterocycles. The highest BCUT2D eigenvalue weighted by molar-refractivity contribution is 7.45. The van der Waals surface area contributed by atoms with Crippen LogP contribution < -0.4 is 10.2 Å². The van der Waals surface area contributed by atoms with E-state index < -0.39 is 20.0 Å². The summed E-state index contributed by atoms with van der Waals surface area (Å²) in [5.74, 6) is -0.523. The van der Waals surface area contributed by atoms with Gasteiger partial charge in [0.25, 0.3) is 7.82 Å². The Bertz CT molecular complexity index is 1230. The van der Waals surface area contributed by atoms with Gasteiger partial charge in [0.1, 0.15) is 19.3 Å². The number of unbranched alkanes of at least 4 members (excludes halogenated alkanes) is 41. The lowest BCUT2D eigenvalue weighted by Crippen LogP contribution is -2.47. The van der Waals surface area contributed by atoms with Gasteiger partial charge in [-0.25, -0.2) is 0 Å². The van der Waals surface area contributed by atoms with Crippen LogP contribution in [0.25, 0.3) is 0 Å². The van der Waals surface area contributed by atoms with Gasteiger partial charge in [0.2, 0.25) is 5.91 Å². The molecule has 0 aromatic heterocycles. The number of phosphoric acid groups is 1. The summed E-state index contributed by atoms with van der Waals surface area (Å²) < 4.78 is 30.2. The second-order valence-electron chi connectivity index (χ2n) is 22.6. The quantitative estimate of drug-likeness (QED) is 0.0212. The van der Waals surface area contributed by atoms with Gasteiger partial charge < -0.3 is 28.5 Å². The molecule has 0 spiro atoms. The van der Waals surface area contributed by atoms with Crippen molar-refractivity contribution in [3.8, 4) is 0 Å². The first-order valence-corrected chi connectivity index (χ1v) is 32.5. The summed E-state index contributed by atoms with van der Waals surface area (Å²) in [7, 11) is 1.20. The van der Waals surface area contributed by atoms with Gasteiger partial charge in [-0.3, -0.25) is 14.2 Å². The predicted molar refractivity (Wildman–Crippen MR) is 303 cm³/mol. The predicted octanol–water partition coefficient (Wildman–Crippen LogP) is 18.2. The molecular formula is C61H121N2O7P. The van der Waals surface area contributed by atoms with Crippen LogP contribution >= 0.6 is 7.82 Å². The molecule has 1 N–H and O–H groups in total. The molecule has 0 heterocycles. The average molecular weight is 1030 g/mol. The van der Waals surface area contributed by atoms with Gasteiger partial charge in [-0.1, -0.05) is 284 Å². The monoisotopic (exact) mass is 1020 g/mol. The molecular weight excluding hydrogens is 904 g/mol. The lowest BCUT2D eigenvalue weighted by atomic mass is 10.0. The summed E-state index contributed by atoms with van der Waals surface area (Å²) in [6.45, 7) is 6.87. The molecule has 71 heavy (non-hydrogen) atoms. The van der Waals surface area contributed by atoms with Gasteiger partial charge in [0.15, 0.2) is 0 Å². The third kappa shape index (κ3) is 53.4. The van der Waals surface area contributed by atoms with E-state index in [1.165, 1.54) is 225 Å². The summed E-state index contributed by atoms with van der Waals surface area (Å²) in [4.78, 5) is 39.8. The minimum absolute atomic E-state index is 0.0170. The van der Waals surface area contributed by atoms with Crippen LogP contribution in [0, 0.1) is 0 Å². The number of carbonyl (C=O) groups is 2. The van der Waals surface area contributed by atoms with E-state index in [2.05, 4.69) is 26.1 Å². The van der Waals surface area contributed by atoms with Crippen LogP contribution in [0.2, 0.25) is 0 Å². The zero-order valence-electron chi connectivity index (χ0n) is 48.2. The number of likely N-dealkylation sites (N-methyl/N-ethyl adjacent to an activating group) is 1. The fraction of sp³-hybridized carbons (Fsp3) is 0.934. The van der Waals surface area contributed by atoms with E-state index in [1.807, 2.05) is 33.3 Å². The molecule has 1 amide bonds. The number of amides is 1. The van der Waals surface area contributed by atoms with E-state index in [4.69, 9.17) is 13.8 Å². The number of carbonyl (C=O) groups excluding carboxylic acids is 2. The number of phosphoric ester groups is 1. The highest BCUT2D eigenvalue weighted by Gasteiger charge is 2.27. The molecule has 0 saturated heterocycles. The van der Waals surface area contributed by atoms with Crippen LogP contribution in [0.3, 0.4) is 0 Å². The molecule has 0 aliphatic carbocycles. The second-order valence-corrected chi connectivity index (χ2v) is 24.0. The summed E-state index contributed by atoms with van der Waals surface area (Å²) in [5.41, 5.74) is 0. The first-order chi connectivity index (χ1) is 34.4.